The van der Waals surface area contributed by atoms with Gasteiger partial charge < -0.3 is 5.43 Å². The van der Waals surface area contributed by atoms with Crippen LogP contribution in [0.1, 0.15) is 18.9 Å². The van der Waals surface area contributed by atoms with Crippen molar-refractivity contribution in [3.05, 3.63) is 34.9 Å². The molecule has 0 amide bonds. The van der Waals surface area contributed by atoms with Crippen LogP contribution in [0.15, 0.2) is 29.4 Å². The van der Waals surface area contributed by atoms with Crippen LogP contribution < -0.4 is 5.43 Å². The van der Waals surface area contributed by atoms with Gasteiger partial charge in [-0.15, -0.1) is 0 Å². The molecule has 1 aromatic rings. The summed E-state index contributed by atoms with van der Waals surface area (Å²) in [6, 6.07) is 7.69. The highest BCUT2D eigenvalue weighted by Crippen LogP contribution is 2.11. The quantitative estimate of drug-likeness (QED) is 0.584. The fraction of sp³-hybridized carbons (Fsp3) is 0.300. The number of hydrogen-bond donors (Lipinski definition) is 1. The summed E-state index contributed by atoms with van der Waals surface area (Å²) < 4.78 is 0. The van der Waals surface area contributed by atoms with E-state index in [4.69, 9.17) is 11.6 Å². The zero-order chi connectivity index (χ0) is 9.68. The van der Waals surface area contributed by atoms with Gasteiger partial charge in [0, 0.05) is 12.1 Å². The molecule has 2 nitrogen and oxygen atoms in total. The lowest BCUT2D eigenvalue weighted by molar-refractivity contribution is 0.892. The molecule has 13 heavy (non-hydrogen) atoms. The van der Waals surface area contributed by atoms with Crippen molar-refractivity contribution in [1.29, 1.82) is 0 Å². The number of hydrogen-bond acceptors (Lipinski definition) is 2. The Bertz CT molecular complexity index is 290. The predicted octanol–water partition coefficient (Wildman–Crippen LogP) is 2.67. The minimum Gasteiger partial charge on any atom is -0.313 e. The summed E-state index contributed by atoms with van der Waals surface area (Å²) >= 11 is 5.78. The van der Waals surface area contributed by atoms with Crippen molar-refractivity contribution < 1.29 is 0 Å². The Morgan fingerprint density at radius 3 is 2.46 bits per heavy atom. The fourth-order valence-electron chi connectivity index (χ4n) is 1.12. The second-order valence-corrected chi connectivity index (χ2v) is 3.08. The number of nitrogens with zero attached hydrogens (tertiary/aromatic N) is 1. The van der Waals surface area contributed by atoms with Gasteiger partial charge in [-0.2, -0.15) is 5.10 Å². The molecule has 0 atom stereocenters. The molecule has 3 heteroatoms. The van der Waals surface area contributed by atoms with Gasteiger partial charge in [-0.25, -0.2) is 0 Å². The Hall–Kier alpha value is -1.02. The van der Waals surface area contributed by atoms with Crippen LogP contribution in [0.25, 0.3) is 0 Å². The zero-order valence-electron chi connectivity index (χ0n) is 7.84. The molecule has 1 N–H and O–H groups in total. The van der Waals surface area contributed by atoms with E-state index in [1.54, 1.807) is 7.05 Å². The molecule has 0 aliphatic carbocycles. The summed E-state index contributed by atoms with van der Waals surface area (Å²) in [6.45, 7) is 2.07. The van der Waals surface area contributed by atoms with Crippen molar-refractivity contribution in [3.63, 3.8) is 0 Å². The van der Waals surface area contributed by atoms with Crippen molar-refractivity contribution in [3.8, 4) is 0 Å². The molecule has 0 fully saturated rings. The lowest BCUT2D eigenvalue weighted by atomic mass is 10.1. The molecule has 70 valence electrons. The molecule has 1 aromatic carbocycles. The van der Waals surface area contributed by atoms with Gasteiger partial charge in [0.25, 0.3) is 0 Å². The van der Waals surface area contributed by atoms with Crippen LogP contribution in [0.2, 0.25) is 5.02 Å². The molecule has 0 aliphatic rings. The van der Waals surface area contributed by atoms with E-state index in [0.29, 0.717) is 0 Å². The third-order valence-electron chi connectivity index (χ3n) is 1.76. The third kappa shape index (κ3) is 2.74. The Balaban J connectivity index is 2.92. The minimum atomic E-state index is 0.753. The van der Waals surface area contributed by atoms with Gasteiger partial charge in [0.2, 0.25) is 0 Å². The molecule has 0 aliphatic heterocycles. The largest absolute Gasteiger partial charge is 0.313 e. The highest BCUT2D eigenvalue weighted by atomic mass is 35.5. The summed E-state index contributed by atoms with van der Waals surface area (Å²) in [4.78, 5) is 0. The second kappa shape index (κ2) is 4.87. The molecule has 0 unspecified atom stereocenters. The maximum atomic E-state index is 5.78. The van der Waals surface area contributed by atoms with Crippen LogP contribution in [0.4, 0.5) is 0 Å². The average Bonchev–Trinajstić information content (AvgIpc) is 2.16. The standard InChI is InChI=1S/C10H13ClN2/c1-3-10(13-12-2)8-4-6-9(11)7-5-8/h4-7,12H,3H2,1-2H3/b13-10+. The molecule has 0 saturated heterocycles. The van der Waals surface area contributed by atoms with E-state index >= 15 is 0 Å². The van der Waals surface area contributed by atoms with E-state index in [2.05, 4.69) is 17.5 Å². The van der Waals surface area contributed by atoms with E-state index in [1.807, 2.05) is 24.3 Å². The summed E-state index contributed by atoms with van der Waals surface area (Å²) in [5.41, 5.74) is 4.94. The first-order chi connectivity index (χ1) is 6.27. The number of nitrogens with one attached hydrogen (secondary N) is 1. The minimum absolute atomic E-state index is 0.753. The first-order valence-corrected chi connectivity index (χ1v) is 4.65. The van der Waals surface area contributed by atoms with Crippen LogP contribution in [-0.4, -0.2) is 12.8 Å². The maximum absolute atomic E-state index is 5.78. The number of rotatable bonds is 3. The van der Waals surface area contributed by atoms with Gasteiger partial charge >= 0.3 is 0 Å². The van der Waals surface area contributed by atoms with Gasteiger partial charge in [-0.3, -0.25) is 0 Å². The van der Waals surface area contributed by atoms with Crippen LogP contribution in [0, 0.1) is 0 Å². The monoisotopic (exact) mass is 196 g/mol. The van der Waals surface area contributed by atoms with Gasteiger partial charge in [0.15, 0.2) is 0 Å². The van der Waals surface area contributed by atoms with Gasteiger partial charge in [0.1, 0.15) is 0 Å². The molecule has 1 rings (SSSR count). The normalized spacial score (nSPS) is 11.5. The lowest BCUT2D eigenvalue weighted by Gasteiger charge is -2.03. The topological polar surface area (TPSA) is 24.4 Å². The highest BCUT2D eigenvalue weighted by Gasteiger charge is 1.99. The van der Waals surface area contributed by atoms with Crippen LogP contribution in [-0.2, 0) is 0 Å². The second-order valence-electron chi connectivity index (χ2n) is 2.64. The van der Waals surface area contributed by atoms with Gasteiger partial charge in [-0.05, 0) is 24.1 Å². The van der Waals surface area contributed by atoms with Crippen molar-refractivity contribution in [2.45, 2.75) is 13.3 Å². The van der Waals surface area contributed by atoms with Crippen molar-refractivity contribution in [1.82, 2.24) is 5.43 Å². The van der Waals surface area contributed by atoms with Crippen molar-refractivity contribution >= 4 is 17.3 Å². The summed E-state index contributed by atoms with van der Waals surface area (Å²) in [7, 11) is 1.80. The Labute approximate surface area is 83.6 Å². The first kappa shape index (κ1) is 10.1. The van der Waals surface area contributed by atoms with Crippen molar-refractivity contribution in [2.75, 3.05) is 7.05 Å². The van der Waals surface area contributed by atoms with Crippen LogP contribution >= 0.6 is 11.6 Å². The van der Waals surface area contributed by atoms with Gasteiger partial charge in [0.05, 0.1) is 5.71 Å². The molecule has 0 bridgehead atoms. The smallest absolute Gasteiger partial charge is 0.0672 e. The molecule has 0 heterocycles. The third-order valence-corrected chi connectivity index (χ3v) is 2.01. The molecular formula is C10H13ClN2. The lowest BCUT2D eigenvalue weighted by Crippen LogP contribution is -2.05. The number of benzene rings is 1. The Morgan fingerprint density at radius 1 is 1.38 bits per heavy atom. The van der Waals surface area contributed by atoms with E-state index in [-0.39, 0.29) is 0 Å². The Morgan fingerprint density at radius 2 is 2.00 bits per heavy atom. The summed E-state index contributed by atoms with van der Waals surface area (Å²) in [6.07, 6.45) is 0.905. The van der Waals surface area contributed by atoms with E-state index < -0.39 is 0 Å². The maximum Gasteiger partial charge on any atom is 0.0672 e. The number of halogens is 1. The van der Waals surface area contributed by atoms with Crippen LogP contribution in [0.3, 0.4) is 0 Å². The first-order valence-electron chi connectivity index (χ1n) is 4.27. The Kier molecular flexibility index (Phi) is 3.77. The fourth-order valence-corrected chi connectivity index (χ4v) is 1.25. The molecular weight excluding hydrogens is 184 g/mol. The molecule has 0 saturated carbocycles. The van der Waals surface area contributed by atoms with E-state index in [0.717, 1.165) is 22.7 Å². The van der Waals surface area contributed by atoms with E-state index in [9.17, 15) is 0 Å². The number of hydrazone groups is 1. The summed E-state index contributed by atoms with van der Waals surface area (Å²) in [5, 5.41) is 4.92. The predicted molar refractivity (Wildman–Crippen MR) is 57.3 cm³/mol. The van der Waals surface area contributed by atoms with Crippen molar-refractivity contribution in [2.24, 2.45) is 5.10 Å². The molecule has 0 aromatic heterocycles. The highest BCUT2D eigenvalue weighted by molar-refractivity contribution is 6.30. The molecule has 0 radical (unpaired) electrons. The zero-order valence-corrected chi connectivity index (χ0v) is 8.60. The SMILES string of the molecule is CC/C(=N\NC)c1ccc(Cl)cc1. The average molecular weight is 197 g/mol. The molecule has 0 spiro atoms. The summed E-state index contributed by atoms with van der Waals surface area (Å²) in [5.74, 6) is 0. The van der Waals surface area contributed by atoms with Crippen LogP contribution in [0.5, 0.6) is 0 Å². The van der Waals surface area contributed by atoms with E-state index in [1.165, 1.54) is 0 Å². The van der Waals surface area contributed by atoms with Gasteiger partial charge in [-0.1, -0.05) is 30.7 Å².